The molecule has 142 valence electrons. The Morgan fingerprint density at radius 1 is 0.750 bits per heavy atom. The average molecular weight is 339 g/mol. The maximum atomic E-state index is 10.4. The van der Waals surface area contributed by atoms with Gasteiger partial charge in [0.25, 0.3) is 0 Å². The van der Waals surface area contributed by atoms with Gasteiger partial charge in [0.05, 0.1) is 0 Å². The highest BCUT2D eigenvalue weighted by Crippen LogP contribution is 2.21. The van der Waals surface area contributed by atoms with Gasteiger partial charge in [-0.3, -0.25) is 4.79 Å². The summed E-state index contributed by atoms with van der Waals surface area (Å²) in [7, 11) is 0. The molecular formula is C22H42O2. The molecule has 0 heterocycles. The number of hydrogen-bond acceptors (Lipinski definition) is 1. The molecule has 0 aromatic carbocycles. The van der Waals surface area contributed by atoms with Crippen LogP contribution >= 0.6 is 0 Å². The minimum absolute atomic E-state index is 0.331. The van der Waals surface area contributed by atoms with E-state index in [1.54, 1.807) is 0 Å². The summed E-state index contributed by atoms with van der Waals surface area (Å²) < 4.78 is 0. The number of carbonyl (C=O) groups is 1. The Morgan fingerprint density at radius 2 is 1.33 bits per heavy atom. The van der Waals surface area contributed by atoms with Gasteiger partial charge in [0.2, 0.25) is 0 Å². The molecule has 2 heteroatoms. The Kier molecular flexibility index (Phi) is 17.9. The van der Waals surface area contributed by atoms with Crippen LogP contribution in [-0.4, -0.2) is 11.1 Å². The lowest BCUT2D eigenvalue weighted by Gasteiger charge is -2.15. The van der Waals surface area contributed by atoms with E-state index < -0.39 is 5.97 Å². The standard InChI is InChI=1S/C22H42O2/c1-3-5-18-21(17-4-2)19-15-13-11-9-7-6-8-10-12-14-16-20-22(23)24/h7,9,21H,3-6,8,10-20H2,1-2H3,(H,23,24)/b9-7-. The molecule has 1 atom stereocenters. The fraction of sp³-hybridized carbons (Fsp3) is 0.864. The van der Waals surface area contributed by atoms with Crippen LogP contribution in [0.25, 0.3) is 0 Å². The van der Waals surface area contributed by atoms with Crippen LogP contribution in [-0.2, 0) is 4.79 Å². The Bertz CT molecular complexity index is 296. The van der Waals surface area contributed by atoms with E-state index in [1.165, 1.54) is 83.5 Å². The van der Waals surface area contributed by atoms with Gasteiger partial charge in [-0.1, -0.05) is 90.2 Å². The molecule has 0 saturated carbocycles. The van der Waals surface area contributed by atoms with Crippen LogP contribution in [0, 0.1) is 5.92 Å². The van der Waals surface area contributed by atoms with E-state index in [0.717, 1.165) is 18.8 Å². The molecule has 0 rings (SSSR count). The van der Waals surface area contributed by atoms with E-state index in [1.807, 2.05) is 0 Å². The van der Waals surface area contributed by atoms with Gasteiger partial charge < -0.3 is 5.11 Å². The summed E-state index contributed by atoms with van der Waals surface area (Å²) in [4.78, 5) is 10.4. The highest BCUT2D eigenvalue weighted by molar-refractivity contribution is 5.66. The molecule has 0 aliphatic carbocycles. The molecule has 0 amide bonds. The quantitative estimate of drug-likeness (QED) is 0.207. The van der Waals surface area contributed by atoms with Crippen molar-refractivity contribution < 1.29 is 9.90 Å². The van der Waals surface area contributed by atoms with Gasteiger partial charge in [-0.05, 0) is 38.0 Å². The van der Waals surface area contributed by atoms with Crippen molar-refractivity contribution in [2.75, 3.05) is 0 Å². The average Bonchev–Trinajstić information content (AvgIpc) is 2.56. The highest BCUT2D eigenvalue weighted by Gasteiger charge is 2.06. The zero-order valence-corrected chi connectivity index (χ0v) is 16.4. The molecular weight excluding hydrogens is 296 g/mol. The molecule has 0 radical (unpaired) electrons. The van der Waals surface area contributed by atoms with Gasteiger partial charge in [0.15, 0.2) is 0 Å². The first-order valence-corrected chi connectivity index (χ1v) is 10.6. The van der Waals surface area contributed by atoms with Crippen LogP contribution in [0.3, 0.4) is 0 Å². The smallest absolute Gasteiger partial charge is 0.303 e. The molecule has 0 spiro atoms. The SMILES string of the molecule is CCCCC(CCC)CCCC/C=C\CCCCCCCC(=O)O. The highest BCUT2D eigenvalue weighted by atomic mass is 16.4. The number of rotatable bonds is 18. The van der Waals surface area contributed by atoms with E-state index in [-0.39, 0.29) is 0 Å². The molecule has 0 aliphatic rings. The molecule has 0 aromatic rings. The fourth-order valence-electron chi connectivity index (χ4n) is 3.33. The normalized spacial score (nSPS) is 12.8. The zero-order chi connectivity index (χ0) is 17.9. The van der Waals surface area contributed by atoms with E-state index in [2.05, 4.69) is 26.0 Å². The first-order chi connectivity index (χ1) is 11.7. The van der Waals surface area contributed by atoms with Crippen molar-refractivity contribution in [2.45, 2.75) is 117 Å². The van der Waals surface area contributed by atoms with Crippen LogP contribution < -0.4 is 0 Å². The first kappa shape index (κ1) is 23.2. The van der Waals surface area contributed by atoms with Crippen molar-refractivity contribution in [1.82, 2.24) is 0 Å². The van der Waals surface area contributed by atoms with Crippen LogP contribution in [0.2, 0.25) is 0 Å². The molecule has 2 nitrogen and oxygen atoms in total. The summed E-state index contributed by atoms with van der Waals surface area (Å²) in [6.45, 7) is 4.61. The van der Waals surface area contributed by atoms with Crippen molar-refractivity contribution in [3.8, 4) is 0 Å². The van der Waals surface area contributed by atoms with Crippen molar-refractivity contribution in [1.29, 1.82) is 0 Å². The second-order valence-corrected chi connectivity index (χ2v) is 7.25. The number of hydrogen-bond donors (Lipinski definition) is 1. The second kappa shape index (κ2) is 18.5. The zero-order valence-electron chi connectivity index (χ0n) is 16.4. The van der Waals surface area contributed by atoms with Gasteiger partial charge in [-0.2, -0.15) is 0 Å². The number of unbranched alkanes of at least 4 members (excludes halogenated alkanes) is 8. The van der Waals surface area contributed by atoms with Gasteiger partial charge in [-0.25, -0.2) is 0 Å². The molecule has 0 bridgehead atoms. The number of allylic oxidation sites excluding steroid dienone is 2. The first-order valence-electron chi connectivity index (χ1n) is 10.6. The molecule has 0 aromatic heterocycles. The van der Waals surface area contributed by atoms with E-state index in [4.69, 9.17) is 5.11 Å². The van der Waals surface area contributed by atoms with E-state index in [9.17, 15) is 4.79 Å². The number of carboxylic acids is 1. The lowest BCUT2D eigenvalue weighted by atomic mass is 9.91. The van der Waals surface area contributed by atoms with E-state index >= 15 is 0 Å². The van der Waals surface area contributed by atoms with Gasteiger partial charge >= 0.3 is 5.97 Å². The summed E-state index contributed by atoms with van der Waals surface area (Å²) in [5, 5.41) is 8.56. The summed E-state index contributed by atoms with van der Waals surface area (Å²) in [5.41, 5.74) is 0. The Labute approximate surface area is 151 Å². The van der Waals surface area contributed by atoms with Crippen molar-refractivity contribution in [2.24, 2.45) is 5.92 Å². The van der Waals surface area contributed by atoms with Crippen LogP contribution in [0.1, 0.15) is 117 Å². The number of aliphatic carboxylic acids is 1. The second-order valence-electron chi connectivity index (χ2n) is 7.25. The van der Waals surface area contributed by atoms with Gasteiger partial charge in [0.1, 0.15) is 0 Å². The third-order valence-electron chi connectivity index (χ3n) is 4.82. The largest absolute Gasteiger partial charge is 0.481 e. The van der Waals surface area contributed by atoms with Crippen molar-refractivity contribution in [3.63, 3.8) is 0 Å². The van der Waals surface area contributed by atoms with E-state index in [0.29, 0.717) is 6.42 Å². The topological polar surface area (TPSA) is 37.3 Å². The predicted molar refractivity (Wildman–Crippen MR) is 105 cm³/mol. The summed E-state index contributed by atoms with van der Waals surface area (Å²) in [5.74, 6) is 0.310. The lowest BCUT2D eigenvalue weighted by molar-refractivity contribution is -0.137. The Morgan fingerprint density at radius 3 is 1.96 bits per heavy atom. The minimum Gasteiger partial charge on any atom is -0.481 e. The summed E-state index contributed by atoms with van der Waals surface area (Å²) in [6, 6.07) is 0. The molecule has 0 saturated heterocycles. The van der Waals surface area contributed by atoms with Crippen LogP contribution in [0.15, 0.2) is 12.2 Å². The summed E-state index contributed by atoms with van der Waals surface area (Å²) in [6.07, 6.45) is 24.1. The van der Waals surface area contributed by atoms with Crippen LogP contribution in [0.4, 0.5) is 0 Å². The monoisotopic (exact) mass is 338 g/mol. The van der Waals surface area contributed by atoms with Gasteiger partial charge in [0, 0.05) is 6.42 Å². The predicted octanol–water partition coefficient (Wildman–Crippen LogP) is 7.52. The maximum Gasteiger partial charge on any atom is 0.303 e. The third-order valence-corrected chi connectivity index (χ3v) is 4.82. The fourth-order valence-corrected chi connectivity index (χ4v) is 3.33. The molecule has 1 N–H and O–H groups in total. The number of carboxylic acid groups (broad SMARTS) is 1. The molecule has 24 heavy (non-hydrogen) atoms. The van der Waals surface area contributed by atoms with Gasteiger partial charge in [-0.15, -0.1) is 0 Å². The van der Waals surface area contributed by atoms with Crippen molar-refractivity contribution in [3.05, 3.63) is 12.2 Å². The maximum absolute atomic E-state index is 10.4. The van der Waals surface area contributed by atoms with Crippen molar-refractivity contribution >= 4 is 5.97 Å². The summed E-state index contributed by atoms with van der Waals surface area (Å²) >= 11 is 0. The Balaban J connectivity index is 3.37. The lowest BCUT2D eigenvalue weighted by Crippen LogP contribution is -2.00. The molecule has 0 aliphatic heterocycles. The van der Waals surface area contributed by atoms with Crippen LogP contribution in [0.5, 0.6) is 0 Å². The molecule has 1 unspecified atom stereocenters. The Hall–Kier alpha value is -0.790. The third kappa shape index (κ3) is 17.6. The molecule has 0 fully saturated rings. The minimum atomic E-state index is -0.663.